The average molecular weight is 311 g/mol. The minimum Gasteiger partial charge on any atom is -0.335 e. The first-order chi connectivity index (χ1) is 9.86. The van der Waals surface area contributed by atoms with Crippen molar-refractivity contribution in [2.75, 3.05) is 24.7 Å². The summed E-state index contributed by atoms with van der Waals surface area (Å²) < 4.78 is 24.3. The number of nitrogens with zero attached hydrogens (tertiary/aromatic N) is 1. The molecular weight excluding hydrogens is 290 g/mol. The van der Waals surface area contributed by atoms with E-state index in [4.69, 9.17) is 0 Å². The summed E-state index contributed by atoms with van der Waals surface area (Å²) in [5.74, 6) is 0. The summed E-state index contributed by atoms with van der Waals surface area (Å²) in [7, 11) is -3.13. The summed E-state index contributed by atoms with van der Waals surface area (Å²) in [6.45, 7) is 2.84. The van der Waals surface area contributed by atoms with Crippen LogP contribution in [0.4, 0.5) is 10.5 Å². The highest BCUT2D eigenvalue weighted by atomic mass is 32.2. The molecule has 0 radical (unpaired) electrons. The fourth-order valence-electron chi connectivity index (χ4n) is 2.39. The van der Waals surface area contributed by atoms with E-state index >= 15 is 0 Å². The second kappa shape index (κ2) is 6.44. The van der Waals surface area contributed by atoms with Gasteiger partial charge in [0.1, 0.15) is 0 Å². The maximum Gasteiger partial charge on any atom is 0.319 e. The van der Waals surface area contributed by atoms with Gasteiger partial charge in [-0.05, 0) is 31.4 Å². The number of sulfonamides is 1. The standard InChI is InChI=1S/C14H21N3O3S/c1-11-5-3-4-6-13(11)16-14(18)15-12-7-9-17(10-8-12)21(2,19)20/h3-6,12H,7-10H2,1-2H3,(H2,15,16,18). The van der Waals surface area contributed by atoms with Crippen molar-refractivity contribution in [1.29, 1.82) is 0 Å². The fraction of sp³-hybridized carbons (Fsp3) is 0.500. The van der Waals surface area contributed by atoms with Crippen LogP contribution in [0.25, 0.3) is 0 Å². The summed E-state index contributed by atoms with van der Waals surface area (Å²) in [6.07, 6.45) is 2.48. The zero-order valence-electron chi connectivity index (χ0n) is 12.3. The molecule has 0 bridgehead atoms. The largest absolute Gasteiger partial charge is 0.335 e. The lowest BCUT2D eigenvalue weighted by atomic mass is 10.1. The molecule has 21 heavy (non-hydrogen) atoms. The topological polar surface area (TPSA) is 78.5 Å². The number of benzene rings is 1. The molecule has 7 heteroatoms. The molecule has 1 aliphatic rings. The molecule has 0 unspecified atom stereocenters. The molecule has 1 fully saturated rings. The molecule has 1 heterocycles. The summed E-state index contributed by atoms with van der Waals surface area (Å²) in [6, 6.07) is 7.32. The third kappa shape index (κ3) is 4.44. The molecule has 2 rings (SSSR count). The van der Waals surface area contributed by atoms with Crippen LogP contribution in [-0.2, 0) is 10.0 Å². The number of urea groups is 1. The molecule has 0 aromatic heterocycles. The van der Waals surface area contributed by atoms with Crippen molar-refractivity contribution >= 4 is 21.7 Å². The van der Waals surface area contributed by atoms with Crippen molar-refractivity contribution in [3.05, 3.63) is 29.8 Å². The van der Waals surface area contributed by atoms with Crippen LogP contribution < -0.4 is 10.6 Å². The first kappa shape index (κ1) is 15.8. The quantitative estimate of drug-likeness (QED) is 0.889. The zero-order valence-corrected chi connectivity index (χ0v) is 13.1. The average Bonchev–Trinajstić information content (AvgIpc) is 2.41. The Kier molecular flexibility index (Phi) is 4.84. The highest BCUT2D eigenvalue weighted by Crippen LogP contribution is 2.15. The van der Waals surface area contributed by atoms with E-state index < -0.39 is 10.0 Å². The molecule has 0 aliphatic carbocycles. The molecule has 0 spiro atoms. The molecule has 1 aromatic rings. The minimum atomic E-state index is -3.13. The lowest BCUT2D eigenvalue weighted by Gasteiger charge is -2.30. The van der Waals surface area contributed by atoms with E-state index in [0.29, 0.717) is 25.9 Å². The number of rotatable bonds is 3. The number of hydrogen-bond donors (Lipinski definition) is 2. The number of anilines is 1. The third-order valence-electron chi connectivity index (χ3n) is 3.65. The summed E-state index contributed by atoms with van der Waals surface area (Å²) in [4.78, 5) is 12.0. The van der Waals surface area contributed by atoms with Gasteiger partial charge < -0.3 is 10.6 Å². The van der Waals surface area contributed by atoms with Crippen molar-refractivity contribution in [3.63, 3.8) is 0 Å². The summed E-state index contributed by atoms with van der Waals surface area (Å²) >= 11 is 0. The van der Waals surface area contributed by atoms with Crippen molar-refractivity contribution in [2.24, 2.45) is 0 Å². The molecule has 1 aromatic carbocycles. The predicted octanol–water partition coefficient (Wildman–Crippen LogP) is 1.54. The number of carbonyl (C=O) groups excluding carboxylic acids is 1. The fourth-order valence-corrected chi connectivity index (χ4v) is 3.26. The Labute approximate surface area is 125 Å². The van der Waals surface area contributed by atoms with Crippen LogP contribution >= 0.6 is 0 Å². The molecular formula is C14H21N3O3S. The Morgan fingerprint density at radius 2 is 1.86 bits per heavy atom. The van der Waals surface area contributed by atoms with Crippen LogP contribution in [0.1, 0.15) is 18.4 Å². The van der Waals surface area contributed by atoms with Gasteiger partial charge in [0.15, 0.2) is 0 Å². The third-order valence-corrected chi connectivity index (χ3v) is 4.95. The monoisotopic (exact) mass is 311 g/mol. The van der Waals surface area contributed by atoms with Gasteiger partial charge in [0.2, 0.25) is 10.0 Å². The summed E-state index contributed by atoms with van der Waals surface area (Å²) in [5, 5.41) is 5.71. The van der Waals surface area contributed by atoms with Gasteiger partial charge >= 0.3 is 6.03 Å². The van der Waals surface area contributed by atoms with Crippen LogP contribution in [0.3, 0.4) is 0 Å². The normalized spacial score (nSPS) is 17.4. The Balaban J connectivity index is 1.84. The van der Waals surface area contributed by atoms with E-state index in [0.717, 1.165) is 11.3 Å². The van der Waals surface area contributed by atoms with Crippen molar-refractivity contribution in [2.45, 2.75) is 25.8 Å². The van der Waals surface area contributed by atoms with E-state index in [9.17, 15) is 13.2 Å². The maximum atomic E-state index is 12.0. The Morgan fingerprint density at radius 1 is 1.24 bits per heavy atom. The van der Waals surface area contributed by atoms with Gasteiger partial charge in [-0.2, -0.15) is 0 Å². The van der Waals surface area contributed by atoms with E-state index in [-0.39, 0.29) is 12.1 Å². The van der Waals surface area contributed by atoms with Crippen LogP contribution in [0.15, 0.2) is 24.3 Å². The van der Waals surface area contributed by atoms with Gasteiger partial charge in [-0.3, -0.25) is 0 Å². The SMILES string of the molecule is Cc1ccccc1NC(=O)NC1CCN(S(C)(=O)=O)CC1. The van der Waals surface area contributed by atoms with Gasteiger partial charge in [0, 0.05) is 24.8 Å². The van der Waals surface area contributed by atoms with Gasteiger partial charge in [-0.15, -0.1) is 0 Å². The molecule has 1 saturated heterocycles. The van der Waals surface area contributed by atoms with Crippen LogP contribution in [-0.4, -0.2) is 44.1 Å². The predicted molar refractivity (Wildman–Crippen MR) is 82.8 cm³/mol. The van der Waals surface area contributed by atoms with Gasteiger partial charge in [0.25, 0.3) is 0 Å². The highest BCUT2D eigenvalue weighted by molar-refractivity contribution is 7.88. The van der Waals surface area contributed by atoms with E-state index in [1.54, 1.807) is 0 Å². The first-order valence-electron chi connectivity index (χ1n) is 6.94. The van der Waals surface area contributed by atoms with Gasteiger partial charge in [0.05, 0.1) is 6.26 Å². The maximum absolute atomic E-state index is 12.0. The molecule has 116 valence electrons. The lowest BCUT2D eigenvalue weighted by molar-refractivity contribution is 0.238. The lowest BCUT2D eigenvalue weighted by Crippen LogP contribution is -2.47. The minimum absolute atomic E-state index is 0.00650. The number of para-hydroxylation sites is 1. The number of piperidine rings is 1. The molecule has 2 amide bonds. The van der Waals surface area contributed by atoms with Crippen LogP contribution in [0.2, 0.25) is 0 Å². The Morgan fingerprint density at radius 3 is 2.43 bits per heavy atom. The second-order valence-electron chi connectivity index (χ2n) is 5.35. The van der Waals surface area contributed by atoms with E-state index in [2.05, 4.69) is 10.6 Å². The zero-order chi connectivity index (χ0) is 15.5. The summed E-state index contributed by atoms with van der Waals surface area (Å²) in [5.41, 5.74) is 1.78. The highest BCUT2D eigenvalue weighted by Gasteiger charge is 2.25. The number of nitrogens with one attached hydrogen (secondary N) is 2. The number of aryl methyl sites for hydroxylation is 1. The molecule has 0 atom stereocenters. The smallest absolute Gasteiger partial charge is 0.319 e. The molecule has 2 N–H and O–H groups in total. The Hall–Kier alpha value is -1.60. The molecule has 0 saturated carbocycles. The van der Waals surface area contributed by atoms with Gasteiger partial charge in [-0.1, -0.05) is 18.2 Å². The first-order valence-corrected chi connectivity index (χ1v) is 8.79. The van der Waals surface area contributed by atoms with Crippen molar-refractivity contribution in [3.8, 4) is 0 Å². The second-order valence-corrected chi connectivity index (χ2v) is 7.33. The number of carbonyl (C=O) groups is 1. The van der Waals surface area contributed by atoms with Crippen LogP contribution in [0.5, 0.6) is 0 Å². The van der Waals surface area contributed by atoms with E-state index in [1.807, 2.05) is 31.2 Å². The number of hydrogen-bond acceptors (Lipinski definition) is 3. The van der Waals surface area contributed by atoms with Crippen molar-refractivity contribution < 1.29 is 13.2 Å². The van der Waals surface area contributed by atoms with Crippen LogP contribution in [0, 0.1) is 6.92 Å². The Bertz CT molecular complexity index is 608. The van der Waals surface area contributed by atoms with Gasteiger partial charge in [-0.25, -0.2) is 17.5 Å². The molecule has 1 aliphatic heterocycles. The van der Waals surface area contributed by atoms with Crippen molar-refractivity contribution in [1.82, 2.24) is 9.62 Å². The van der Waals surface area contributed by atoms with E-state index in [1.165, 1.54) is 10.6 Å². The molecule has 6 nitrogen and oxygen atoms in total. The number of amides is 2.